The van der Waals surface area contributed by atoms with Gasteiger partial charge < -0.3 is 14.2 Å². The molecule has 1 aliphatic rings. The Hall–Kier alpha value is -3.71. The van der Waals surface area contributed by atoms with Crippen LogP contribution in [-0.4, -0.2) is 32.4 Å². The van der Waals surface area contributed by atoms with E-state index in [9.17, 15) is 4.79 Å². The van der Waals surface area contributed by atoms with Crippen molar-refractivity contribution < 1.29 is 19.0 Å². The number of hydrogen-bond acceptors (Lipinski definition) is 6. The molecular weight excluding hydrogens is 448 g/mol. The lowest BCUT2D eigenvalue weighted by molar-refractivity contribution is -0.113. The van der Waals surface area contributed by atoms with Crippen molar-refractivity contribution in [2.24, 2.45) is 4.99 Å². The first kappa shape index (κ1) is 23.4. The summed E-state index contributed by atoms with van der Waals surface area (Å²) in [4.78, 5) is 20.7. The first-order valence-electron chi connectivity index (χ1n) is 10.7. The minimum atomic E-state index is -0.144. The molecule has 1 saturated heterocycles. The maximum atomic E-state index is 13.6. The summed E-state index contributed by atoms with van der Waals surface area (Å²) in [5.74, 6) is 1.40. The van der Waals surface area contributed by atoms with Gasteiger partial charge in [-0.3, -0.25) is 9.69 Å². The summed E-state index contributed by atoms with van der Waals surface area (Å²) in [6.45, 7) is 4.04. The summed E-state index contributed by atoms with van der Waals surface area (Å²) in [7, 11) is 4.69. The average molecular weight is 475 g/mol. The number of methoxy groups -OCH3 is 3. The van der Waals surface area contributed by atoms with E-state index < -0.39 is 0 Å². The van der Waals surface area contributed by atoms with E-state index in [0.717, 1.165) is 28.1 Å². The molecule has 0 spiro atoms. The molecule has 6 nitrogen and oxygen atoms in total. The van der Waals surface area contributed by atoms with Gasteiger partial charge in [-0.1, -0.05) is 36.4 Å². The van der Waals surface area contributed by atoms with Crippen molar-refractivity contribution >= 4 is 40.3 Å². The molecule has 0 radical (unpaired) electrons. The fraction of sp³-hybridized carbons (Fsp3) is 0.185. The average Bonchev–Trinajstić information content (AvgIpc) is 3.15. The number of thioether (sulfide) groups is 1. The largest absolute Gasteiger partial charge is 0.493 e. The molecule has 34 heavy (non-hydrogen) atoms. The van der Waals surface area contributed by atoms with Crippen molar-refractivity contribution in [1.82, 2.24) is 0 Å². The molecule has 0 aliphatic carbocycles. The lowest BCUT2D eigenvalue weighted by atomic mass is 10.1. The summed E-state index contributed by atoms with van der Waals surface area (Å²) >= 11 is 1.34. The monoisotopic (exact) mass is 474 g/mol. The number of nitrogens with zero attached hydrogens (tertiary/aromatic N) is 2. The molecule has 4 rings (SSSR count). The van der Waals surface area contributed by atoms with Gasteiger partial charge in [0.25, 0.3) is 5.91 Å². The van der Waals surface area contributed by atoms with Crippen molar-refractivity contribution in [3.63, 3.8) is 0 Å². The van der Waals surface area contributed by atoms with Crippen molar-refractivity contribution in [2.45, 2.75) is 13.8 Å². The summed E-state index contributed by atoms with van der Waals surface area (Å²) in [5.41, 5.74) is 4.49. The molecular formula is C27H26N2O4S. The number of hydrogen-bond donors (Lipinski definition) is 0. The molecule has 0 saturated carbocycles. The Bertz CT molecular complexity index is 1240. The lowest BCUT2D eigenvalue weighted by Gasteiger charge is -2.16. The number of carbonyl (C=O) groups excluding carboxylic acids is 1. The second-order valence-corrected chi connectivity index (χ2v) is 8.69. The highest BCUT2D eigenvalue weighted by Gasteiger charge is 2.35. The number of aryl methyl sites for hydroxylation is 2. The van der Waals surface area contributed by atoms with Gasteiger partial charge in [-0.15, -0.1) is 0 Å². The Labute approximate surface area is 203 Å². The second-order valence-electron chi connectivity index (χ2n) is 7.68. The van der Waals surface area contributed by atoms with E-state index >= 15 is 0 Å². The van der Waals surface area contributed by atoms with Crippen LogP contribution in [0.1, 0.15) is 16.7 Å². The van der Waals surface area contributed by atoms with Gasteiger partial charge in [-0.25, -0.2) is 4.99 Å². The fourth-order valence-electron chi connectivity index (χ4n) is 3.77. The Balaban J connectivity index is 1.83. The lowest BCUT2D eigenvalue weighted by Crippen LogP contribution is -2.28. The van der Waals surface area contributed by atoms with Crippen molar-refractivity contribution in [2.75, 3.05) is 26.2 Å². The topological polar surface area (TPSA) is 60.4 Å². The highest BCUT2D eigenvalue weighted by molar-refractivity contribution is 8.19. The van der Waals surface area contributed by atoms with E-state index in [1.165, 1.54) is 11.8 Å². The molecule has 0 N–H and O–H groups in total. The second kappa shape index (κ2) is 10.1. The van der Waals surface area contributed by atoms with Crippen LogP contribution in [0.3, 0.4) is 0 Å². The highest BCUT2D eigenvalue weighted by atomic mass is 32.2. The normalized spacial score (nSPS) is 15.8. The maximum Gasteiger partial charge on any atom is 0.271 e. The Morgan fingerprint density at radius 3 is 2.03 bits per heavy atom. The molecule has 7 heteroatoms. The van der Waals surface area contributed by atoms with Crippen LogP contribution in [-0.2, 0) is 4.79 Å². The standard InChI is InChI=1S/C27H26N2O4S/c1-17-10-9-11-18(2)24(17)28-27-29(20-12-7-6-8-13-20)26(30)23(34-27)16-19-14-21(31-3)25(33-5)22(15-19)32-4/h6-16H,1-5H3/b23-16+,28-27?. The molecule has 1 fully saturated rings. The van der Waals surface area contributed by atoms with Crippen molar-refractivity contribution in [1.29, 1.82) is 0 Å². The molecule has 174 valence electrons. The summed E-state index contributed by atoms with van der Waals surface area (Å²) in [6, 6.07) is 19.2. The van der Waals surface area contributed by atoms with Gasteiger partial charge in [0.05, 0.1) is 37.6 Å². The van der Waals surface area contributed by atoms with Gasteiger partial charge in [0.2, 0.25) is 5.75 Å². The number of benzene rings is 3. The van der Waals surface area contributed by atoms with E-state index in [-0.39, 0.29) is 5.91 Å². The third kappa shape index (κ3) is 4.52. The van der Waals surface area contributed by atoms with Crippen molar-refractivity contribution in [3.8, 4) is 17.2 Å². The molecule has 1 heterocycles. The molecule has 0 aromatic heterocycles. The van der Waals surface area contributed by atoms with Gasteiger partial charge in [-0.05, 0) is 72.6 Å². The first-order valence-corrected chi connectivity index (χ1v) is 11.5. The van der Waals surface area contributed by atoms with Crippen LogP contribution in [0.4, 0.5) is 11.4 Å². The predicted octanol–water partition coefficient (Wildman–Crippen LogP) is 6.14. The Kier molecular flexibility index (Phi) is 6.93. The predicted molar refractivity (Wildman–Crippen MR) is 139 cm³/mol. The van der Waals surface area contributed by atoms with E-state index in [2.05, 4.69) is 0 Å². The molecule has 0 atom stereocenters. The zero-order valence-corrected chi connectivity index (χ0v) is 20.6. The maximum absolute atomic E-state index is 13.6. The fourth-order valence-corrected chi connectivity index (χ4v) is 4.75. The summed E-state index contributed by atoms with van der Waals surface area (Å²) < 4.78 is 16.3. The van der Waals surface area contributed by atoms with E-state index in [0.29, 0.717) is 27.3 Å². The van der Waals surface area contributed by atoms with Gasteiger partial charge in [0.15, 0.2) is 16.7 Å². The first-order chi connectivity index (χ1) is 16.5. The molecule has 1 aliphatic heterocycles. The number of ether oxygens (including phenoxy) is 3. The number of aliphatic imine (C=N–C) groups is 1. The number of amidine groups is 1. The summed E-state index contributed by atoms with van der Waals surface area (Å²) in [5, 5.41) is 0.604. The minimum absolute atomic E-state index is 0.144. The van der Waals surface area contributed by atoms with Gasteiger partial charge >= 0.3 is 0 Å². The number of anilines is 1. The zero-order valence-electron chi connectivity index (χ0n) is 19.8. The van der Waals surface area contributed by atoms with Gasteiger partial charge in [0.1, 0.15) is 0 Å². The number of amides is 1. The van der Waals surface area contributed by atoms with E-state index in [1.54, 1.807) is 26.2 Å². The van der Waals surface area contributed by atoms with Gasteiger partial charge in [-0.2, -0.15) is 0 Å². The van der Waals surface area contributed by atoms with Crippen LogP contribution >= 0.6 is 11.8 Å². The van der Waals surface area contributed by atoms with Crippen LogP contribution in [0, 0.1) is 13.8 Å². The van der Waals surface area contributed by atoms with E-state index in [1.807, 2.05) is 80.6 Å². The number of rotatable bonds is 6. The number of para-hydroxylation sites is 2. The van der Waals surface area contributed by atoms with Crippen LogP contribution < -0.4 is 19.1 Å². The molecule has 3 aromatic carbocycles. The minimum Gasteiger partial charge on any atom is -0.493 e. The highest BCUT2D eigenvalue weighted by Crippen LogP contribution is 2.42. The van der Waals surface area contributed by atoms with Crippen molar-refractivity contribution in [3.05, 3.63) is 82.3 Å². The molecule has 3 aromatic rings. The zero-order chi connectivity index (χ0) is 24.2. The van der Waals surface area contributed by atoms with E-state index in [4.69, 9.17) is 19.2 Å². The Morgan fingerprint density at radius 2 is 1.47 bits per heavy atom. The third-order valence-corrected chi connectivity index (χ3v) is 6.42. The third-order valence-electron chi connectivity index (χ3n) is 5.45. The molecule has 1 amide bonds. The van der Waals surface area contributed by atoms with Crippen LogP contribution in [0.2, 0.25) is 0 Å². The molecule has 0 bridgehead atoms. The SMILES string of the molecule is COc1cc(/C=C2/SC(=Nc3c(C)cccc3C)N(c3ccccc3)C2=O)cc(OC)c1OC. The quantitative estimate of drug-likeness (QED) is 0.402. The van der Waals surface area contributed by atoms with Crippen LogP contribution in [0.15, 0.2) is 70.6 Å². The Morgan fingerprint density at radius 1 is 0.853 bits per heavy atom. The van der Waals surface area contributed by atoms with Crippen LogP contribution in [0.25, 0.3) is 6.08 Å². The summed E-state index contributed by atoms with van der Waals surface area (Å²) in [6.07, 6.45) is 1.82. The van der Waals surface area contributed by atoms with Gasteiger partial charge in [0, 0.05) is 0 Å². The molecule has 0 unspecified atom stereocenters. The van der Waals surface area contributed by atoms with Crippen LogP contribution in [0.5, 0.6) is 17.2 Å². The number of carbonyl (C=O) groups is 1. The smallest absolute Gasteiger partial charge is 0.271 e.